The van der Waals surface area contributed by atoms with Crippen molar-refractivity contribution in [3.05, 3.63) is 27.2 Å². The molecule has 0 unspecified atom stereocenters. The monoisotopic (exact) mass is 305 g/mol. The number of rotatable bonds is 3. The molecule has 0 aromatic carbocycles. The Morgan fingerprint density at radius 3 is 2.84 bits per heavy atom. The van der Waals surface area contributed by atoms with Gasteiger partial charge in [0.15, 0.2) is 0 Å². The Bertz CT molecular complexity index is 567. The molecule has 0 saturated carbocycles. The molecule has 2 aromatic rings. The smallest absolute Gasteiger partial charge is 0.355 e. The first-order chi connectivity index (χ1) is 9.02. The van der Waals surface area contributed by atoms with Gasteiger partial charge in [-0.15, -0.1) is 11.3 Å². The van der Waals surface area contributed by atoms with Gasteiger partial charge >= 0.3 is 6.18 Å². The van der Waals surface area contributed by atoms with E-state index in [2.05, 4.69) is 20.7 Å². The van der Waals surface area contributed by atoms with Crippen molar-refractivity contribution in [1.29, 1.82) is 0 Å². The number of hydrogen-bond acceptors (Lipinski definition) is 5. The third-order valence-electron chi connectivity index (χ3n) is 2.89. The number of nitrogens with one attached hydrogen (secondary N) is 1. The van der Waals surface area contributed by atoms with Gasteiger partial charge in [-0.1, -0.05) is 0 Å². The second-order valence-electron chi connectivity index (χ2n) is 4.29. The minimum absolute atomic E-state index is 0.209. The molecule has 0 bridgehead atoms. The van der Waals surface area contributed by atoms with E-state index in [1.807, 2.05) is 0 Å². The molecule has 19 heavy (non-hydrogen) atoms. The summed E-state index contributed by atoms with van der Waals surface area (Å²) in [5.41, 5.74) is 1.38. The summed E-state index contributed by atoms with van der Waals surface area (Å²) in [4.78, 5) is 5.98. The van der Waals surface area contributed by atoms with Gasteiger partial charge in [-0.2, -0.15) is 22.5 Å². The normalized spacial score (nSPS) is 14.7. The number of nitrogens with zero attached hydrogens (tertiary/aromatic N) is 2. The Kier molecular flexibility index (Phi) is 3.22. The average molecular weight is 305 g/mol. The number of halogens is 3. The van der Waals surface area contributed by atoms with Crippen LogP contribution in [0.25, 0.3) is 0 Å². The maximum Gasteiger partial charge on any atom is 0.452 e. The molecule has 0 amide bonds. The molecular formula is C11H10F3N3S2. The van der Waals surface area contributed by atoms with Crippen LogP contribution in [0, 0.1) is 0 Å². The Labute approximate surface area is 115 Å². The van der Waals surface area contributed by atoms with E-state index in [-0.39, 0.29) is 5.13 Å². The number of fused-ring (bicyclic) bond motifs is 1. The highest BCUT2D eigenvalue weighted by molar-refractivity contribution is 7.12. The first kappa shape index (κ1) is 12.9. The molecule has 0 atom stereocenters. The Morgan fingerprint density at radius 1 is 1.32 bits per heavy atom. The highest BCUT2D eigenvalue weighted by Gasteiger charge is 2.36. The van der Waals surface area contributed by atoms with Gasteiger partial charge in [0.2, 0.25) is 11.0 Å². The number of aryl methyl sites for hydroxylation is 2. The molecule has 0 fully saturated rings. The Balaban J connectivity index is 1.64. The van der Waals surface area contributed by atoms with Gasteiger partial charge in [-0.3, -0.25) is 0 Å². The zero-order chi connectivity index (χ0) is 13.5. The van der Waals surface area contributed by atoms with Crippen molar-refractivity contribution in [1.82, 2.24) is 9.36 Å². The van der Waals surface area contributed by atoms with E-state index in [1.165, 1.54) is 16.9 Å². The molecule has 2 aromatic heterocycles. The van der Waals surface area contributed by atoms with Crippen molar-refractivity contribution >= 4 is 28.0 Å². The molecule has 102 valence electrons. The number of aromatic nitrogens is 2. The molecule has 0 spiro atoms. The van der Waals surface area contributed by atoms with Crippen LogP contribution in [-0.4, -0.2) is 9.36 Å². The summed E-state index contributed by atoms with van der Waals surface area (Å²) in [6.07, 6.45) is -1.03. The summed E-state index contributed by atoms with van der Waals surface area (Å²) >= 11 is 2.46. The number of anilines is 1. The van der Waals surface area contributed by atoms with Crippen molar-refractivity contribution < 1.29 is 13.2 Å². The van der Waals surface area contributed by atoms with Crippen LogP contribution in [0.4, 0.5) is 18.3 Å². The second-order valence-corrected chi connectivity index (χ2v) is 6.26. The van der Waals surface area contributed by atoms with Crippen molar-refractivity contribution in [3.63, 3.8) is 0 Å². The lowest BCUT2D eigenvalue weighted by molar-refractivity contribution is -0.144. The van der Waals surface area contributed by atoms with Gasteiger partial charge in [0.05, 0.1) is 6.54 Å². The summed E-state index contributed by atoms with van der Waals surface area (Å²) < 4.78 is 40.3. The molecule has 2 heterocycles. The zero-order valence-electron chi connectivity index (χ0n) is 9.75. The number of hydrogen-bond donors (Lipinski definition) is 1. The number of alkyl halides is 3. The molecule has 1 aliphatic carbocycles. The van der Waals surface area contributed by atoms with Crippen molar-refractivity contribution in [2.24, 2.45) is 0 Å². The predicted octanol–water partition coefficient (Wildman–Crippen LogP) is 3.72. The molecule has 0 aliphatic heterocycles. The van der Waals surface area contributed by atoms with E-state index in [0.717, 1.165) is 29.3 Å². The topological polar surface area (TPSA) is 37.8 Å². The predicted molar refractivity (Wildman–Crippen MR) is 68.6 cm³/mol. The summed E-state index contributed by atoms with van der Waals surface area (Å²) in [5, 5.41) is 3.11. The molecule has 3 rings (SSSR count). The van der Waals surface area contributed by atoms with Crippen molar-refractivity contribution in [3.8, 4) is 0 Å². The molecule has 1 N–H and O–H groups in total. The van der Waals surface area contributed by atoms with Crippen LogP contribution in [-0.2, 0) is 25.6 Å². The SMILES string of the molecule is FC(F)(F)c1nsc(NCc2cc3c(s2)CCC3)n1. The maximum atomic E-state index is 12.3. The van der Waals surface area contributed by atoms with Crippen LogP contribution in [0.15, 0.2) is 6.07 Å². The van der Waals surface area contributed by atoms with Gasteiger partial charge in [0.25, 0.3) is 0 Å². The Morgan fingerprint density at radius 2 is 2.16 bits per heavy atom. The van der Waals surface area contributed by atoms with Crippen molar-refractivity contribution in [2.75, 3.05) is 5.32 Å². The van der Waals surface area contributed by atoms with Crippen LogP contribution in [0.5, 0.6) is 0 Å². The van der Waals surface area contributed by atoms with E-state index in [1.54, 1.807) is 11.3 Å². The standard InChI is InChI=1S/C11H10F3N3S2/c12-11(13,14)9-16-10(19-17-9)15-5-7-4-6-2-1-3-8(6)18-7/h4H,1-3,5H2,(H,15,16,17). The third kappa shape index (κ3) is 2.74. The fraction of sp³-hybridized carbons (Fsp3) is 0.455. The quantitative estimate of drug-likeness (QED) is 0.939. The summed E-state index contributed by atoms with van der Waals surface area (Å²) in [6.45, 7) is 0.504. The first-order valence-electron chi connectivity index (χ1n) is 5.77. The van der Waals surface area contributed by atoms with E-state index < -0.39 is 12.0 Å². The molecule has 0 saturated heterocycles. The van der Waals surface area contributed by atoms with E-state index in [4.69, 9.17) is 0 Å². The zero-order valence-corrected chi connectivity index (χ0v) is 11.4. The summed E-state index contributed by atoms with van der Waals surface area (Å²) in [5.74, 6) is -1.08. The maximum absolute atomic E-state index is 12.3. The lowest BCUT2D eigenvalue weighted by atomic mass is 10.2. The van der Waals surface area contributed by atoms with Crippen LogP contribution < -0.4 is 5.32 Å². The first-order valence-corrected chi connectivity index (χ1v) is 7.36. The highest BCUT2D eigenvalue weighted by atomic mass is 32.1. The fourth-order valence-electron chi connectivity index (χ4n) is 2.05. The lowest BCUT2D eigenvalue weighted by Gasteiger charge is -2.00. The third-order valence-corrected chi connectivity index (χ3v) is 4.80. The minimum Gasteiger partial charge on any atom is -0.355 e. The average Bonchev–Trinajstić information content (AvgIpc) is 3.00. The van der Waals surface area contributed by atoms with Crippen LogP contribution in [0.3, 0.4) is 0 Å². The fourth-order valence-corrected chi connectivity index (χ4v) is 3.83. The minimum atomic E-state index is -4.47. The molecular weight excluding hydrogens is 295 g/mol. The summed E-state index contributed by atoms with van der Waals surface area (Å²) in [7, 11) is 0. The van der Waals surface area contributed by atoms with E-state index >= 15 is 0 Å². The molecule has 1 aliphatic rings. The second kappa shape index (κ2) is 4.75. The van der Waals surface area contributed by atoms with E-state index in [9.17, 15) is 13.2 Å². The molecule has 8 heteroatoms. The van der Waals surface area contributed by atoms with Gasteiger partial charge in [-0.05, 0) is 30.9 Å². The van der Waals surface area contributed by atoms with Gasteiger partial charge < -0.3 is 5.32 Å². The molecule has 3 nitrogen and oxygen atoms in total. The largest absolute Gasteiger partial charge is 0.452 e. The Hall–Kier alpha value is -1.15. The van der Waals surface area contributed by atoms with Crippen molar-refractivity contribution in [2.45, 2.75) is 32.0 Å². The van der Waals surface area contributed by atoms with E-state index in [0.29, 0.717) is 6.54 Å². The highest BCUT2D eigenvalue weighted by Crippen LogP contribution is 2.32. The van der Waals surface area contributed by atoms with Crippen LogP contribution >= 0.6 is 22.9 Å². The van der Waals surface area contributed by atoms with Gasteiger partial charge in [0, 0.05) is 21.3 Å². The summed E-state index contributed by atoms with van der Waals surface area (Å²) in [6, 6.07) is 2.13. The van der Waals surface area contributed by atoms with Crippen LogP contribution in [0.1, 0.15) is 27.6 Å². The van der Waals surface area contributed by atoms with Gasteiger partial charge in [-0.25, -0.2) is 0 Å². The van der Waals surface area contributed by atoms with Gasteiger partial charge in [0.1, 0.15) is 0 Å². The molecule has 0 radical (unpaired) electrons. The number of thiophene rings is 1. The lowest BCUT2D eigenvalue weighted by Crippen LogP contribution is -2.07. The van der Waals surface area contributed by atoms with Crippen LogP contribution in [0.2, 0.25) is 0 Å².